The average molecular weight is 407 g/mol. The van der Waals surface area contributed by atoms with Crippen LogP contribution in [0.3, 0.4) is 0 Å². The van der Waals surface area contributed by atoms with E-state index in [4.69, 9.17) is 16.3 Å². The summed E-state index contributed by atoms with van der Waals surface area (Å²) in [4.78, 5) is 23.8. The van der Waals surface area contributed by atoms with Crippen molar-refractivity contribution < 1.29 is 19.1 Å². The van der Waals surface area contributed by atoms with Crippen LogP contribution >= 0.6 is 23.4 Å². The summed E-state index contributed by atoms with van der Waals surface area (Å²) in [6.45, 7) is 1.74. The first kappa shape index (κ1) is 20.9. The van der Waals surface area contributed by atoms with Crippen LogP contribution in [0.5, 0.6) is 0 Å². The zero-order chi connectivity index (χ0) is 20.0. The average Bonchev–Trinajstić information content (AvgIpc) is 2.67. The summed E-state index contributed by atoms with van der Waals surface area (Å²) in [5.74, 6) is -1.09. The molecule has 1 atom stereocenters. The molecule has 0 radical (unpaired) electrons. The maximum absolute atomic E-state index is 12.4. The SMILES string of the molecule is COC(=O)CCSC1=C(C#N)C(c2ccccc2Cl)C(C(=O)OC)=C(C)N1. The lowest BCUT2D eigenvalue weighted by molar-refractivity contribution is -0.140. The van der Waals surface area contributed by atoms with Crippen LogP contribution in [0.25, 0.3) is 0 Å². The van der Waals surface area contributed by atoms with Crippen molar-refractivity contribution in [1.29, 1.82) is 5.26 Å². The van der Waals surface area contributed by atoms with Crippen molar-refractivity contribution in [2.75, 3.05) is 20.0 Å². The summed E-state index contributed by atoms with van der Waals surface area (Å²) < 4.78 is 9.57. The molecule has 0 spiro atoms. The van der Waals surface area contributed by atoms with Gasteiger partial charge in [-0.05, 0) is 18.6 Å². The second-order valence-electron chi connectivity index (χ2n) is 5.64. The number of benzene rings is 1. The van der Waals surface area contributed by atoms with Crippen LogP contribution in [0.4, 0.5) is 0 Å². The number of nitrogens with zero attached hydrogens (tertiary/aromatic N) is 1. The molecule has 1 aliphatic heterocycles. The lowest BCUT2D eigenvalue weighted by atomic mass is 9.82. The lowest BCUT2D eigenvalue weighted by Gasteiger charge is -2.29. The van der Waals surface area contributed by atoms with Gasteiger partial charge in [0.1, 0.15) is 0 Å². The van der Waals surface area contributed by atoms with E-state index in [1.165, 1.54) is 26.0 Å². The molecule has 1 heterocycles. The molecule has 1 aromatic rings. The molecule has 8 heteroatoms. The molecule has 2 rings (SSSR count). The first-order valence-electron chi connectivity index (χ1n) is 8.09. The number of hydrogen-bond acceptors (Lipinski definition) is 7. The molecule has 27 heavy (non-hydrogen) atoms. The minimum Gasteiger partial charge on any atom is -0.469 e. The van der Waals surface area contributed by atoms with Crippen LogP contribution in [0.1, 0.15) is 24.8 Å². The van der Waals surface area contributed by atoms with Crippen LogP contribution in [-0.4, -0.2) is 31.9 Å². The minimum atomic E-state index is -0.655. The highest BCUT2D eigenvalue weighted by molar-refractivity contribution is 8.03. The number of carbonyl (C=O) groups is 2. The Bertz CT molecular complexity index is 858. The molecule has 1 aliphatic rings. The van der Waals surface area contributed by atoms with Crippen LogP contribution in [0, 0.1) is 11.3 Å². The number of ether oxygens (including phenoxy) is 2. The van der Waals surface area contributed by atoms with Crippen LogP contribution in [0.15, 0.2) is 46.1 Å². The van der Waals surface area contributed by atoms with Gasteiger partial charge < -0.3 is 14.8 Å². The summed E-state index contributed by atoms with van der Waals surface area (Å²) in [6, 6.07) is 9.26. The fraction of sp³-hybridized carbons (Fsp3) is 0.316. The van der Waals surface area contributed by atoms with Crippen molar-refractivity contribution in [2.24, 2.45) is 0 Å². The molecule has 0 aromatic heterocycles. The van der Waals surface area contributed by atoms with Crippen LogP contribution < -0.4 is 5.32 Å². The highest BCUT2D eigenvalue weighted by Crippen LogP contribution is 2.43. The summed E-state index contributed by atoms with van der Waals surface area (Å²) in [6.07, 6.45) is 0.203. The molecule has 1 unspecified atom stereocenters. The van der Waals surface area contributed by atoms with E-state index in [-0.39, 0.29) is 12.4 Å². The van der Waals surface area contributed by atoms with E-state index in [2.05, 4.69) is 16.1 Å². The number of allylic oxidation sites excluding steroid dienone is 2. The molecule has 0 bridgehead atoms. The van der Waals surface area contributed by atoms with Gasteiger partial charge in [0, 0.05) is 16.5 Å². The maximum Gasteiger partial charge on any atom is 0.336 e. The summed E-state index contributed by atoms with van der Waals surface area (Å²) in [5.41, 5.74) is 1.90. The third-order valence-electron chi connectivity index (χ3n) is 4.05. The number of methoxy groups -OCH3 is 2. The number of nitrogens with one attached hydrogen (secondary N) is 1. The highest BCUT2D eigenvalue weighted by atomic mass is 35.5. The minimum absolute atomic E-state index is 0.203. The van der Waals surface area contributed by atoms with Crippen molar-refractivity contribution in [3.63, 3.8) is 0 Å². The Morgan fingerprint density at radius 1 is 1.30 bits per heavy atom. The van der Waals surface area contributed by atoms with Gasteiger partial charge in [0.25, 0.3) is 0 Å². The fourth-order valence-corrected chi connectivity index (χ4v) is 4.03. The van der Waals surface area contributed by atoms with E-state index in [0.717, 1.165) is 0 Å². The monoisotopic (exact) mass is 406 g/mol. The third-order valence-corrected chi connectivity index (χ3v) is 5.41. The highest BCUT2D eigenvalue weighted by Gasteiger charge is 2.36. The second-order valence-corrected chi connectivity index (χ2v) is 7.15. The van der Waals surface area contributed by atoms with E-state index < -0.39 is 11.9 Å². The van der Waals surface area contributed by atoms with E-state index >= 15 is 0 Å². The van der Waals surface area contributed by atoms with E-state index in [1.807, 2.05) is 0 Å². The predicted molar refractivity (Wildman–Crippen MR) is 104 cm³/mol. The first-order valence-corrected chi connectivity index (χ1v) is 9.45. The van der Waals surface area contributed by atoms with Gasteiger partial charge in [-0.15, -0.1) is 11.8 Å². The number of hydrogen-bond donors (Lipinski definition) is 1. The number of nitriles is 1. The van der Waals surface area contributed by atoms with Gasteiger partial charge in [-0.2, -0.15) is 5.26 Å². The Balaban J connectivity index is 2.50. The van der Waals surface area contributed by atoms with Crippen molar-refractivity contribution in [2.45, 2.75) is 19.3 Å². The molecular formula is C19H19ClN2O4S. The zero-order valence-electron chi connectivity index (χ0n) is 15.2. The Morgan fingerprint density at radius 2 is 2.00 bits per heavy atom. The van der Waals surface area contributed by atoms with Crippen LogP contribution in [0.2, 0.25) is 5.02 Å². The van der Waals surface area contributed by atoms with Gasteiger partial charge in [-0.1, -0.05) is 29.8 Å². The Morgan fingerprint density at radius 3 is 2.59 bits per heavy atom. The number of dihydropyridines is 1. The van der Waals surface area contributed by atoms with Gasteiger partial charge in [0.15, 0.2) is 0 Å². The van der Waals surface area contributed by atoms with E-state index in [1.54, 1.807) is 31.2 Å². The second kappa shape index (κ2) is 9.49. The van der Waals surface area contributed by atoms with Gasteiger partial charge in [0.05, 0.1) is 48.8 Å². The van der Waals surface area contributed by atoms with Gasteiger partial charge in [-0.3, -0.25) is 4.79 Å². The van der Waals surface area contributed by atoms with E-state index in [0.29, 0.717) is 38.2 Å². The van der Waals surface area contributed by atoms with Gasteiger partial charge in [0.2, 0.25) is 0 Å². The van der Waals surface area contributed by atoms with E-state index in [9.17, 15) is 14.9 Å². The van der Waals surface area contributed by atoms with Crippen molar-refractivity contribution in [3.05, 3.63) is 56.7 Å². The third kappa shape index (κ3) is 4.65. The lowest BCUT2D eigenvalue weighted by Crippen LogP contribution is -2.28. The number of rotatable bonds is 6. The maximum atomic E-state index is 12.4. The zero-order valence-corrected chi connectivity index (χ0v) is 16.7. The largest absolute Gasteiger partial charge is 0.469 e. The summed E-state index contributed by atoms with van der Waals surface area (Å²) in [7, 11) is 2.62. The molecule has 142 valence electrons. The van der Waals surface area contributed by atoms with Crippen molar-refractivity contribution >= 4 is 35.3 Å². The smallest absolute Gasteiger partial charge is 0.336 e. The van der Waals surface area contributed by atoms with Crippen molar-refractivity contribution in [1.82, 2.24) is 5.32 Å². The number of esters is 2. The summed E-state index contributed by atoms with van der Waals surface area (Å²) >= 11 is 7.68. The Kier molecular flexibility index (Phi) is 7.34. The topological polar surface area (TPSA) is 88.4 Å². The molecule has 0 amide bonds. The quantitative estimate of drug-likeness (QED) is 0.723. The molecule has 0 saturated carbocycles. The molecule has 1 aromatic carbocycles. The van der Waals surface area contributed by atoms with Gasteiger partial charge in [-0.25, -0.2) is 4.79 Å². The fourth-order valence-electron chi connectivity index (χ4n) is 2.77. The molecule has 0 aliphatic carbocycles. The Hall–Kier alpha value is -2.43. The predicted octanol–water partition coefficient (Wildman–Crippen LogP) is 3.51. The Labute approximate surface area is 167 Å². The van der Waals surface area contributed by atoms with Crippen LogP contribution in [-0.2, 0) is 19.1 Å². The molecular weight excluding hydrogens is 388 g/mol. The number of carbonyl (C=O) groups excluding carboxylic acids is 2. The van der Waals surface area contributed by atoms with Crippen molar-refractivity contribution in [3.8, 4) is 6.07 Å². The standard InChI is InChI=1S/C19H19ClN2O4S/c1-11-16(19(24)26-3)17(12-6-4-5-7-14(12)20)13(10-21)18(22-11)27-9-8-15(23)25-2/h4-7,17,22H,8-9H2,1-3H3. The van der Waals surface area contributed by atoms with Gasteiger partial charge >= 0.3 is 11.9 Å². The number of thioether (sulfide) groups is 1. The normalized spacial score (nSPS) is 16.5. The molecule has 1 N–H and O–H groups in total. The molecule has 0 fully saturated rings. The number of halogens is 1. The first-order chi connectivity index (χ1) is 12.9. The summed E-state index contributed by atoms with van der Waals surface area (Å²) in [5, 5.41) is 14.0. The molecule has 0 saturated heterocycles. The molecule has 6 nitrogen and oxygen atoms in total.